The maximum absolute atomic E-state index is 2.97. The van der Waals surface area contributed by atoms with Crippen molar-refractivity contribution < 1.29 is 13.7 Å². The largest absolute Gasteiger partial charge is 0.255 e. The monoisotopic (exact) mass is 862 g/mol. The van der Waals surface area contributed by atoms with Gasteiger partial charge in [-0.3, -0.25) is 4.98 Å². The predicted octanol–water partition coefficient (Wildman–Crippen LogP) is 15.0. The van der Waals surface area contributed by atoms with E-state index in [1.54, 1.807) is 0 Å². The summed E-state index contributed by atoms with van der Waals surface area (Å²) in [7, 11) is 0. The fourth-order valence-corrected chi connectivity index (χ4v) is 8.69. The number of H-pyrrole nitrogens is 1. The molecule has 1 aliphatic carbocycles. The van der Waals surface area contributed by atoms with Crippen LogP contribution in [0.15, 0.2) is 153 Å². The fraction of sp³-hybridized carbons (Fsp3) is 0.397. The van der Waals surface area contributed by atoms with Crippen molar-refractivity contribution in [2.75, 3.05) is 0 Å². The Bertz CT molecular complexity index is 2500. The first-order valence-corrected chi connectivity index (χ1v) is 22.8. The maximum atomic E-state index is 2.97. The van der Waals surface area contributed by atoms with Crippen LogP contribution in [0, 0.1) is 11.8 Å². The first-order chi connectivity index (χ1) is 29.4. The first kappa shape index (κ1) is 50.9. The third kappa shape index (κ3) is 11.5. The van der Waals surface area contributed by atoms with Gasteiger partial charge in [0.1, 0.15) is 35.5 Å². The normalized spacial score (nSPS) is 14.5. The summed E-state index contributed by atoms with van der Waals surface area (Å²) in [6.07, 6.45) is 14.4. The standard InChI is InChI=1S/C25H27N2.C24H31N2.C6H10N2.3CH4/c1-18(2)20-9-13-22(14-10-20)26-17-27(25-8-6-5-7-24(25)26)23-15-11-21(12-16-23)19(3)4;1-17(2)19-9-12-21(13-10-19)25-16-26(24-8-6-5-7-23(24)25)22-14-11-20(15-22)18(3)4;1-6(2)8-4-3-7-5-8;;;/h5-19H,1-4H3;5-10,12-13,16-18,20,22H,11,14-15H2,1-4H3;3-6H,1-2H3;3*1H4/q2*+1;;;;/p+1. The van der Waals surface area contributed by atoms with Crippen LogP contribution in [0.1, 0.15) is 157 Å². The maximum Gasteiger partial charge on any atom is 0.255 e. The molecule has 340 valence electrons. The second-order valence-corrected chi connectivity index (χ2v) is 18.6. The van der Waals surface area contributed by atoms with Gasteiger partial charge in [0.15, 0.2) is 22.1 Å². The van der Waals surface area contributed by atoms with Crippen molar-refractivity contribution >= 4 is 22.1 Å². The number of para-hydroxylation sites is 4. The van der Waals surface area contributed by atoms with Crippen molar-refractivity contribution in [1.82, 2.24) is 14.1 Å². The molecule has 0 spiro atoms. The molecule has 0 radical (unpaired) electrons. The number of imidazole rings is 3. The molecule has 0 bridgehead atoms. The topological polar surface area (TPSA) is 37.3 Å². The van der Waals surface area contributed by atoms with Gasteiger partial charge in [0, 0.05) is 0 Å². The van der Waals surface area contributed by atoms with Gasteiger partial charge in [-0.15, -0.1) is 0 Å². The molecule has 2 atom stereocenters. The van der Waals surface area contributed by atoms with E-state index in [1.165, 1.54) is 75.1 Å². The van der Waals surface area contributed by atoms with Crippen LogP contribution in [0.5, 0.6) is 0 Å². The number of nitrogens with zero attached hydrogens (tertiary/aromatic N) is 5. The Morgan fingerprint density at radius 3 is 1.44 bits per heavy atom. The summed E-state index contributed by atoms with van der Waals surface area (Å²) >= 11 is 0. The van der Waals surface area contributed by atoms with E-state index >= 15 is 0 Å². The molecule has 5 aromatic carbocycles. The minimum Gasteiger partial charge on any atom is -0.250 e. The highest BCUT2D eigenvalue weighted by atomic mass is 15.2. The van der Waals surface area contributed by atoms with Crippen molar-refractivity contribution in [3.63, 3.8) is 0 Å². The first-order valence-electron chi connectivity index (χ1n) is 22.8. The molecule has 2 unspecified atom stereocenters. The van der Waals surface area contributed by atoms with E-state index in [4.69, 9.17) is 0 Å². The van der Waals surface area contributed by atoms with Crippen LogP contribution in [0.25, 0.3) is 39.1 Å². The molecule has 0 amide bonds. The molecule has 64 heavy (non-hydrogen) atoms. The number of aromatic amines is 1. The van der Waals surface area contributed by atoms with E-state index in [0.717, 1.165) is 11.8 Å². The molecule has 1 saturated carbocycles. The Hall–Kier alpha value is -5.75. The van der Waals surface area contributed by atoms with E-state index in [1.807, 2.05) is 18.7 Å². The van der Waals surface area contributed by atoms with Crippen molar-refractivity contribution in [2.45, 2.75) is 141 Å². The predicted molar refractivity (Wildman–Crippen MR) is 273 cm³/mol. The van der Waals surface area contributed by atoms with E-state index in [-0.39, 0.29) is 22.3 Å². The van der Waals surface area contributed by atoms with Crippen LogP contribution in [0.4, 0.5) is 0 Å². The second-order valence-electron chi connectivity index (χ2n) is 18.6. The minimum absolute atomic E-state index is 0. The Kier molecular flexibility index (Phi) is 18.1. The molecule has 6 heteroatoms. The summed E-state index contributed by atoms with van der Waals surface area (Å²) in [6.45, 7) is 22.5. The molecule has 6 nitrogen and oxygen atoms in total. The third-order valence-electron chi connectivity index (χ3n) is 12.7. The van der Waals surface area contributed by atoms with Crippen molar-refractivity contribution in [1.29, 1.82) is 0 Å². The lowest BCUT2D eigenvalue weighted by molar-refractivity contribution is -0.715. The molecule has 9 rings (SSSR count). The summed E-state index contributed by atoms with van der Waals surface area (Å²) < 4.78 is 11.6. The van der Waals surface area contributed by atoms with Crippen molar-refractivity contribution in [3.05, 3.63) is 169 Å². The van der Waals surface area contributed by atoms with Gasteiger partial charge in [-0.1, -0.05) is 138 Å². The number of fused-ring (bicyclic) bond motifs is 2. The Morgan fingerprint density at radius 2 is 1.00 bits per heavy atom. The minimum atomic E-state index is 0. The average molecular weight is 862 g/mol. The molecule has 3 heterocycles. The van der Waals surface area contributed by atoms with Crippen molar-refractivity contribution in [2.24, 2.45) is 11.8 Å². The highest BCUT2D eigenvalue weighted by Crippen LogP contribution is 2.37. The molecule has 1 fully saturated rings. The molecule has 1 N–H and O–H groups in total. The van der Waals surface area contributed by atoms with Gasteiger partial charge in [0.2, 0.25) is 12.7 Å². The number of aromatic nitrogens is 6. The average Bonchev–Trinajstić information content (AvgIpc) is 4.11. The second kappa shape index (κ2) is 22.7. The lowest BCUT2D eigenvalue weighted by atomic mass is 9.94. The Labute approximate surface area is 387 Å². The highest BCUT2D eigenvalue weighted by Gasteiger charge is 2.33. The van der Waals surface area contributed by atoms with Crippen LogP contribution in [-0.4, -0.2) is 14.1 Å². The zero-order chi connectivity index (χ0) is 43.2. The quantitative estimate of drug-likeness (QED) is 0.140. The number of rotatable bonds is 9. The molecule has 8 aromatic rings. The van der Waals surface area contributed by atoms with E-state index in [9.17, 15) is 0 Å². The number of hydrogen-bond acceptors (Lipinski definition) is 0. The molecule has 0 aliphatic heterocycles. The summed E-state index contributed by atoms with van der Waals surface area (Å²) in [5.41, 5.74) is 12.8. The third-order valence-corrected chi connectivity index (χ3v) is 12.7. The van der Waals surface area contributed by atoms with Crippen LogP contribution < -0.4 is 13.7 Å². The number of benzene rings is 5. The molecular weight excluding hydrogens is 781 g/mol. The SMILES string of the molecule is C.C.C.CC(C)[n+]1cc[nH]c1.CC(C)c1ccc(-n2c[n+](-c3ccc(C(C)C)cc3)c3ccccc32)cc1.CC(C)c1ccc(-n2c[n+](C3CCC(C(C)C)C3)c3ccccc32)cc1. The highest BCUT2D eigenvalue weighted by molar-refractivity contribution is 5.75. The molecular formula is C58H81N6+3. The molecule has 1 aliphatic rings. The summed E-state index contributed by atoms with van der Waals surface area (Å²) in [5.74, 6) is 3.31. The van der Waals surface area contributed by atoms with Gasteiger partial charge in [0.05, 0.1) is 6.04 Å². The lowest BCUT2D eigenvalue weighted by Crippen LogP contribution is -2.37. The lowest BCUT2D eigenvalue weighted by Gasteiger charge is -2.13. The van der Waals surface area contributed by atoms with Crippen LogP contribution in [0.2, 0.25) is 0 Å². The zero-order valence-electron chi connectivity index (χ0n) is 38.3. The van der Waals surface area contributed by atoms with Gasteiger partial charge in [-0.25, -0.2) is 9.13 Å². The molecule has 0 saturated heterocycles. The van der Waals surface area contributed by atoms with Crippen LogP contribution in [0.3, 0.4) is 0 Å². The smallest absolute Gasteiger partial charge is 0.250 e. The fourth-order valence-electron chi connectivity index (χ4n) is 8.69. The number of nitrogens with one attached hydrogen (secondary N) is 1. The van der Waals surface area contributed by atoms with Gasteiger partial charge in [-0.2, -0.15) is 13.7 Å². The Balaban J connectivity index is 0.000000230. The van der Waals surface area contributed by atoms with Gasteiger partial charge in [-0.05, 0) is 140 Å². The molecule has 3 aromatic heterocycles. The zero-order valence-corrected chi connectivity index (χ0v) is 38.3. The summed E-state index contributed by atoms with van der Waals surface area (Å²) in [4.78, 5) is 2.97. The number of hydrogen-bond donors (Lipinski definition) is 1. The van der Waals surface area contributed by atoms with E-state index in [2.05, 4.69) is 231 Å². The Morgan fingerprint density at radius 1 is 0.531 bits per heavy atom. The van der Waals surface area contributed by atoms with Gasteiger partial charge in [0.25, 0.3) is 6.33 Å². The van der Waals surface area contributed by atoms with Crippen molar-refractivity contribution in [3.8, 4) is 17.1 Å². The van der Waals surface area contributed by atoms with E-state index < -0.39 is 0 Å². The van der Waals surface area contributed by atoms with Gasteiger partial charge >= 0.3 is 0 Å². The van der Waals surface area contributed by atoms with Crippen LogP contribution in [-0.2, 0) is 0 Å². The summed E-state index contributed by atoms with van der Waals surface area (Å²) in [6, 6.07) is 45.5. The van der Waals surface area contributed by atoms with Gasteiger partial charge < -0.3 is 0 Å². The van der Waals surface area contributed by atoms with E-state index in [0.29, 0.717) is 29.8 Å². The summed E-state index contributed by atoms with van der Waals surface area (Å²) in [5, 5.41) is 0. The van der Waals surface area contributed by atoms with Crippen LogP contribution >= 0.6 is 0 Å².